The highest BCUT2D eigenvalue weighted by molar-refractivity contribution is 7.93. The number of rotatable bonds is 5. The molecule has 1 unspecified atom stereocenters. The van der Waals surface area contributed by atoms with Crippen molar-refractivity contribution in [3.63, 3.8) is 0 Å². The van der Waals surface area contributed by atoms with Gasteiger partial charge in [0.25, 0.3) is 0 Å². The number of carbonyl (C=O) groups excluding carboxylic acids is 1. The number of ketones is 1. The lowest BCUT2D eigenvalue weighted by atomic mass is 9.62. The van der Waals surface area contributed by atoms with Gasteiger partial charge in [0.1, 0.15) is 5.78 Å². The van der Waals surface area contributed by atoms with Crippen LogP contribution in [0.5, 0.6) is 0 Å². The molecule has 2 fully saturated rings. The first-order valence-electron chi connectivity index (χ1n) is 9.61. The summed E-state index contributed by atoms with van der Waals surface area (Å²) in [6.45, 7) is 4.62. The molecule has 138 valence electrons. The highest BCUT2D eigenvalue weighted by Crippen LogP contribution is 2.57. The van der Waals surface area contributed by atoms with Crippen molar-refractivity contribution in [1.29, 1.82) is 0 Å². The van der Waals surface area contributed by atoms with Gasteiger partial charge >= 0.3 is 0 Å². The minimum absolute atomic E-state index is 0.158. The van der Waals surface area contributed by atoms with Gasteiger partial charge in [0.15, 0.2) is 0 Å². The lowest BCUT2D eigenvalue weighted by Crippen LogP contribution is -2.39. The van der Waals surface area contributed by atoms with Crippen LogP contribution in [0, 0.1) is 23.2 Å². The predicted octanol–water partition coefficient (Wildman–Crippen LogP) is 4.96. The van der Waals surface area contributed by atoms with E-state index in [1.54, 1.807) is 7.05 Å². The van der Waals surface area contributed by atoms with E-state index in [2.05, 4.69) is 18.2 Å². The molecule has 0 bridgehead atoms. The maximum atomic E-state index is 13.3. The Bertz CT molecular complexity index is 736. The summed E-state index contributed by atoms with van der Waals surface area (Å²) in [7, 11) is -0.659. The van der Waals surface area contributed by atoms with Crippen LogP contribution in [0.1, 0.15) is 52.4 Å². The molecule has 3 rings (SSSR count). The van der Waals surface area contributed by atoms with E-state index in [0.717, 1.165) is 37.0 Å². The molecule has 0 saturated heterocycles. The van der Waals surface area contributed by atoms with Crippen molar-refractivity contribution in [2.75, 3.05) is 12.8 Å². The Morgan fingerprint density at radius 1 is 1.28 bits per heavy atom. The van der Waals surface area contributed by atoms with Gasteiger partial charge in [-0.05, 0) is 61.5 Å². The van der Waals surface area contributed by atoms with E-state index in [9.17, 15) is 9.00 Å². The Kier molecular flexibility index (Phi) is 5.38. The molecule has 0 spiro atoms. The van der Waals surface area contributed by atoms with Gasteiger partial charge in [-0.1, -0.05) is 32.0 Å². The van der Waals surface area contributed by atoms with Crippen molar-refractivity contribution in [3.05, 3.63) is 30.3 Å². The number of hydrogen-bond donors (Lipinski definition) is 0. The molecule has 25 heavy (non-hydrogen) atoms. The third kappa shape index (κ3) is 3.42. The summed E-state index contributed by atoms with van der Waals surface area (Å²) in [6.07, 6.45) is 6.09. The average molecular weight is 362 g/mol. The summed E-state index contributed by atoms with van der Waals surface area (Å²) in [5.41, 5.74) is 0.158. The summed E-state index contributed by atoms with van der Waals surface area (Å²) >= 11 is 0. The summed E-state index contributed by atoms with van der Waals surface area (Å²) in [5.74, 6) is 2.41. The van der Waals surface area contributed by atoms with E-state index < -0.39 is 9.73 Å². The fraction of sp³-hybridized carbons (Fsp3) is 0.667. The van der Waals surface area contributed by atoms with Crippen LogP contribution >= 0.6 is 0 Å². The highest BCUT2D eigenvalue weighted by atomic mass is 32.2. The molecule has 1 aromatic rings. The number of hydrogen-bond acceptors (Lipinski definition) is 3. The minimum atomic E-state index is -2.33. The van der Waals surface area contributed by atoms with Gasteiger partial charge in [-0.15, -0.1) is 0 Å². The Hall–Kier alpha value is -1.16. The SMILES string of the molecule is CN=S(=O)(CC[C@@H](C)[C@H]1CC[C@H]2C(=O)CCC[C@]12C)c1ccccc1. The number of Topliss-reactive ketones (excluding diaryl/α,β-unsaturated/α-hetero) is 1. The maximum Gasteiger partial charge on any atom is 0.136 e. The Morgan fingerprint density at radius 2 is 2.00 bits per heavy atom. The molecule has 2 aliphatic rings. The van der Waals surface area contributed by atoms with Crippen LogP contribution in [0.15, 0.2) is 39.6 Å². The second kappa shape index (κ2) is 7.22. The average Bonchev–Trinajstić information content (AvgIpc) is 2.98. The standard InChI is InChI=1S/C21H31NO2S/c1-16(13-15-25(24,22-3)17-8-5-4-6-9-17)18-11-12-19-20(23)10-7-14-21(18,19)2/h4-6,8-9,16,18-19H,7,10-15H2,1-3H3/t16-,18-,19+,21-,25?/m1/s1. The zero-order valence-corrected chi connectivity index (χ0v) is 16.6. The Labute approximate surface area is 152 Å². The molecule has 0 N–H and O–H groups in total. The minimum Gasteiger partial charge on any atom is -0.299 e. The second-order valence-corrected chi connectivity index (χ2v) is 10.7. The molecule has 0 aliphatic heterocycles. The van der Waals surface area contributed by atoms with Gasteiger partial charge in [-0.2, -0.15) is 0 Å². The van der Waals surface area contributed by atoms with Crippen LogP contribution < -0.4 is 0 Å². The number of carbonyl (C=O) groups is 1. The van der Waals surface area contributed by atoms with Gasteiger partial charge < -0.3 is 0 Å². The molecule has 0 amide bonds. The smallest absolute Gasteiger partial charge is 0.136 e. The highest BCUT2D eigenvalue weighted by Gasteiger charge is 2.52. The number of benzene rings is 1. The van der Waals surface area contributed by atoms with E-state index in [-0.39, 0.29) is 11.3 Å². The summed E-state index contributed by atoms with van der Waals surface area (Å²) < 4.78 is 17.5. The van der Waals surface area contributed by atoms with Crippen LogP contribution in [-0.4, -0.2) is 22.8 Å². The summed E-state index contributed by atoms with van der Waals surface area (Å²) in [5, 5.41) is 0. The lowest BCUT2D eigenvalue weighted by Gasteiger charge is -2.42. The van der Waals surface area contributed by atoms with Gasteiger partial charge in [-0.25, -0.2) is 8.57 Å². The van der Waals surface area contributed by atoms with E-state index >= 15 is 0 Å². The van der Waals surface area contributed by atoms with Crippen molar-refractivity contribution in [2.24, 2.45) is 27.5 Å². The molecule has 2 saturated carbocycles. The largest absolute Gasteiger partial charge is 0.299 e. The third-order valence-corrected chi connectivity index (χ3v) is 9.27. The third-order valence-electron chi connectivity index (χ3n) is 6.88. The van der Waals surface area contributed by atoms with Crippen molar-refractivity contribution < 1.29 is 9.00 Å². The van der Waals surface area contributed by atoms with Gasteiger partial charge in [0.2, 0.25) is 0 Å². The summed E-state index contributed by atoms with van der Waals surface area (Å²) in [6, 6.07) is 9.65. The van der Waals surface area contributed by atoms with E-state index in [1.807, 2.05) is 30.3 Å². The van der Waals surface area contributed by atoms with E-state index in [4.69, 9.17) is 0 Å². The van der Waals surface area contributed by atoms with Crippen LogP contribution in [0.4, 0.5) is 0 Å². The van der Waals surface area contributed by atoms with Gasteiger partial charge in [-0.3, -0.25) is 4.79 Å². The first-order valence-corrected chi connectivity index (χ1v) is 11.3. The van der Waals surface area contributed by atoms with Crippen molar-refractivity contribution in [2.45, 2.75) is 57.3 Å². The summed E-state index contributed by atoms with van der Waals surface area (Å²) in [4.78, 5) is 13.2. The van der Waals surface area contributed by atoms with Crippen LogP contribution in [0.25, 0.3) is 0 Å². The zero-order chi connectivity index (χ0) is 18.1. The van der Waals surface area contributed by atoms with E-state index in [0.29, 0.717) is 23.4 Å². The van der Waals surface area contributed by atoms with Crippen molar-refractivity contribution >= 4 is 15.5 Å². The fourth-order valence-electron chi connectivity index (χ4n) is 5.40. The topological polar surface area (TPSA) is 46.5 Å². The van der Waals surface area contributed by atoms with Crippen LogP contribution in [0.3, 0.4) is 0 Å². The Morgan fingerprint density at radius 3 is 2.68 bits per heavy atom. The molecule has 1 aromatic carbocycles. The Balaban J connectivity index is 1.72. The zero-order valence-electron chi connectivity index (χ0n) is 15.7. The number of fused-ring (bicyclic) bond motifs is 1. The van der Waals surface area contributed by atoms with Gasteiger partial charge in [0, 0.05) is 30.0 Å². The van der Waals surface area contributed by atoms with Crippen LogP contribution in [0.2, 0.25) is 0 Å². The molecule has 3 nitrogen and oxygen atoms in total. The van der Waals surface area contributed by atoms with Gasteiger partial charge in [0.05, 0.1) is 9.73 Å². The quantitative estimate of drug-likeness (QED) is 0.744. The van der Waals surface area contributed by atoms with E-state index in [1.165, 1.54) is 6.42 Å². The molecule has 2 aliphatic carbocycles. The molecule has 0 heterocycles. The predicted molar refractivity (Wildman–Crippen MR) is 103 cm³/mol. The molecular formula is C21H31NO2S. The van der Waals surface area contributed by atoms with Crippen molar-refractivity contribution in [3.8, 4) is 0 Å². The van der Waals surface area contributed by atoms with Crippen molar-refractivity contribution in [1.82, 2.24) is 0 Å². The van der Waals surface area contributed by atoms with Crippen LogP contribution in [-0.2, 0) is 14.5 Å². The first-order chi connectivity index (χ1) is 11.9. The monoisotopic (exact) mass is 361 g/mol. The maximum absolute atomic E-state index is 13.3. The molecule has 0 aromatic heterocycles. The first kappa shape index (κ1) is 18.6. The normalized spacial score (nSPS) is 32.7. The fourth-order valence-corrected chi connectivity index (χ4v) is 7.30. The second-order valence-electron chi connectivity index (χ2n) is 8.17. The molecule has 5 atom stereocenters. The lowest BCUT2D eigenvalue weighted by molar-refractivity contribution is -0.130. The molecule has 0 radical (unpaired) electrons. The number of nitrogens with zero attached hydrogens (tertiary/aromatic N) is 1. The molecule has 4 heteroatoms. The molecular weight excluding hydrogens is 330 g/mol.